The van der Waals surface area contributed by atoms with Crippen molar-refractivity contribution in [3.63, 3.8) is 0 Å². The van der Waals surface area contributed by atoms with E-state index in [1.807, 2.05) is 0 Å². The molecular formula is C15H25FO. The lowest BCUT2D eigenvalue weighted by atomic mass is 10.1. The Morgan fingerprint density at radius 2 is 1.59 bits per heavy atom. The Hall–Kier alpha value is -0.890. The van der Waals surface area contributed by atoms with Gasteiger partial charge in [-0.25, -0.2) is 4.39 Å². The van der Waals surface area contributed by atoms with Gasteiger partial charge in [0.15, 0.2) is 0 Å². The first-order chi connectivity index (χ1) is 7.97. The third-order valence-electron chi connectivity index (χ3n) is 2.71. The van der Waals surface area contributed by atoms with Gasteiger partial charge in [-0.15, -0.1) is 0 Å². The van der Waals surface area contributed by atoms with Gasteiger partial charge in [0.2, 0.25) is 0 Å². The summed E-state index contributed by atoms with van der Waals surface area (Å²) in [6.07, 6.45) is 8.06. The van der Waals surface area contributed by atoms with Crippen LogP contribution in [-0.2, 0) is 0 Å². The molecule has 98 valence electrons. The quantitative estimate of drug-likeness (QED) is 0.640. The van der Waals surface area contributed by atoms with Gasteiger partial charge in [-0.2, -0.15) is 0 Å². The summed E-state index contributed by atoms with van der Waals surface area (Å²) in [5.74, 6) is -0.388. The third-order valence-corrected chi connectivity index (χ3v) is 2.71. The average molecular weight is 240 g/mol. The molecule has 0 aliphatic carbocycles. The smallest absolute Gasteiger partial charge is 0.124 e. The summed E-state index contributed by atoms with van der Waals surface area (Å²) in [5.41, 5.74) is 3.35. The van der Waals surface area contributed by atoms with Crippen LogP contribution < -0.4 is 0 Å². The summed E-state index contributed by atoms with van der Waals surface area (Å²) in [6, 6.07) is 0. The molecule has 0 aromatic rings. The zero-order valence-corrected chi connectivity index (χ0v) is 11.5. The lowest BCUT2D eigenvalue weighted by Gasteiger charge is -2.02. The van der Waals surface area contributed by atoms with Gasteiger partial charge in [-0.1, -0.05) is 23.3 Å². The van der Waals surface area contributed by atoms with Crippen molar-refractivity contribution in [2.45, 2.75) is 53.4 Å². The van der Waals surface area contributed by atoms with Crippen LogP contribution in [0.1, 0.15) is 53.4 Å². The summed E-state index contributed by atoms with van der Waals surface area (Å²) >= 11 is 0. The van der Waals surface area contributed by atoms with E-state index in [-0.39, 0.29) is 5.83 Å². The Labute approximate surface area is 105 Å². The average Bonchev–Trinajstić information content (AvgIpc) is 2.27. The molecule has 17 heavy (non-hydrogen) atoms. The second kappa shape index (κ2) is 9.17. The molecule has 0 saturated heterocycles. The van der Waals surface area contributed by atoms with Gasteiger partial charge in [0.05, 0.1) is 6.61 Å². The molecule has 0 rings (SSSR count). The standard InChI is InChI=1S/C15H25FO/c1-12(2)7-5-8-13(3)9-6-10-14(4)15(16)11-17/h7,9,17H,5-6,8,10-11H2,1-4H3. The van der Waals surface area contributed by atoms with E-state index in [1.165, 1.54) is 11.1 Å². The zero-order chi connectivity index (χ0) is 13.3. The Morgan fingerprint density at radius 1 is 1.00 bits per heavy atom. The summed E-state index contributed by atoms with van der Waals surface area (Å²) in [6.45, 7) is 7.57. The van der Waals surface area contributed by atoms with E-state index in [9.17, 15) is 4.39 Å². The monoisotopic (exact) mass is 240 g/mol. The largest absolute Gasteiger partial charge is 0.389 e. The van der Waals surface area contributed by atoms with Gasteiger partial charge >= 0.3 is 0 Å². The summed E-state index contributed by atoms with van der Waals surface area (Å²) in [4.78, 5) is 0. The lowest BCUT2D eigenvalue weighted by Crippen LogP contribution is -1.88. The molecule has 0 saturated carbocycles. The normalized spacial score (nSPS) is 13.4. The maximum atomic E-state index is 12.9. The van der Waals surface area contributed by atoms with Crippen LogP contribution >= 0.6 is 0 Å². The number of allylic oxidation sites excluding steroid dienone is 5. The number of rotatable bonds is 7. The van der Waals surface area contributed by atoms with E-state index in [4.69, 9.17) is 5.11 Å². The predicted octanol–water partition coefficient (Wildman–Crippen LogP) is 4.70. The zero-order valence-electron chi connectivity index (χ0n) is 11.5. The Balaban J connectivity index is 3.96. The van der Waals surface area contributed by atoms with Gasteiger partial charge in [0, 0.05) is 0 Å². The highest BCUT2D eigenvalue weighted by Crippen LogP contribution is 2.14. The maximum absolute atomic E-state index is 12.9. The number of aliphatic hydroxyl groups excluding tert-OH is 1. The van der Waals surface area contributed by atoms with Gasteiger partial charge in [-0.05, 0) is 59.0 Å². The minimum absolute atomic E-state index is 0.388. The van der Waals surface area contributed by atoms with E-state index in [2.05, 4.69) is 32.9 Å². The first-order valence-corrected chi connectivity index (χ1v) is 6.21. The molecule has 1 N–H and O–H groups in total. The molecule has 0 aromatic heterocycles. The molecule has 0 aliphatic heterocycles. The molecular weight excluding hydrogens is 215 g/mol. The Morgan fingerprint density at radius 3 is 2.12 bits per heavy atom. The van der Waals surface area contributed by atoms with Crippen molar-refractivity contribution in [3.05, 3.63) is 34.7 Å². The molecule has 0 heterocycles. The van der Waals surface area contributed by atoms with E-state index in [0.29, 0.717) is 12.0 Å². The SMILES string of the molecule is CC(C)=CCCC(C)=CCCC(C)=C(F)CO. The number of hydrogen-bond donors (Lipinski definition) is 1. The minimum atomic E-state index is -0.477. The van der Waals surface area contributed by atoms with Crippen molar-refractivity contribution in [1.82, 2.24) is 0 Å². The van der Waals surface area contributed by atoms with E-state index < -0.39 is 6.61 Å². The molecule has 0 atom stereocenters. The first kappa shape index (κ1) is 16.1. The molecule has 0 amide bonds. The van der Waals surface area contributed by atoms with Crippen molar-refractivity contribution in [1.29, 1.82) is 0 Å². The fourth-order valence-corrected chi connectivity index (χ4v) is 1.50. The molecule has 0 fully saturated rings. The van der Waals surface area contributed by atoms with Crippen LogP contribution in [-0.4, -0.2) is 11.7 Å². The molecule has 0 spiro atoms. The van der Waals surface area contributed by atoms with Crippen LogP contribution in [0.25, 0.3) is 0 Å². The topological polar surface area (TPSA) is 20.2 Å². The first-order valence-electron chi connectivity index (χ1n) is 6.21. The van der Waals surface area contributed by atoms with Crippen LogP contribution in [0.4, 0.5) is 4.39 Å². The van der Waals surface area contributed by atoms with E-state index in [0.717, 1.165) is 19.3 Å². The summed E-state index contributed by atoms with van der Waals surface area (Å²) < 4.78 is 12.9. The molecule has 0 unspecified atom stereocenters. The molecule has 2 heteroatoms. The van der Waals surface area contributed by atoms with Crippen LogP contribution in [0, 0.1) is 0 Å². The highest BCUT2D eigenvalue weighted by molar-refractivity contribution is 5.08. The highest BCUT2D eigenvalue weighted by Gasteiger charge is 1.98. The highest BCUT2D eigenvalue weighted by atomic mass is 19.1. The molecule has 0 radical (unpaired) electrons. The Bertz CT molecular complexity index is 307. The van der Waals surface area contributed by atoms with Crippen LogP contribution in [0.2, 0.25) is 0 Å². The van der Waals surface area contributed by atoms with Crippen LogP contribution in [0.5, 0.6) is 0 Å². The number of hydrogen-bond acceptors (Lipinski definition) is 1. The van der Waals surface area contributed by atoms with E-state index >= 15 is 0 Å². The van der Waals surface area contributed by atoms with Gasteiger partial charge in [0.1, 0.15) is 5.83 Å². The summed E-state index contributed by atoms with van der Waals surface area (Å²) in [5, 5.41) is 8.63. The fraction of sp³-hybridized carbons (Fsp3) is 0.600. The van der Waals surface area contributed by atoms with E-state index in [1.54, 1.807) is 6.92 Å². The third kappa shape index (κ3) is 8.87. The fourth-order valence-electron chi connectivity index (χ4n) is 1.50. The molecule has 0 aromatic carbocycles. The minimum Gasteiger partial charge on any atom is -0.389 e. The molecule has 0 aliphatic rings. The molecule has 1 nitrogen and oxygen atoms in total. The van der Waals surface area contributed by atoms with Crippen molar-refractivity contribution < 1.29 is 9.50 Å². The number of halogens is 1. The Kier molecular flexibility index (Phi) is 8.69. The van der Waals surface area contributed by atoms with Gasteiger partial charge in [-0.3, -0.25) is 0 Å². The second-order valence-electron chi connectivity index (χ2n) is 4.75. The van der Waals surface area contributed by atoms with Crippen LogP contribution in [0.3, 0.4) is 0 Å². The number of aliphatic hydroxyl groups is 1. The van der Waals surface area contributed by atoms with Crippen LogP contribution in [0.15, 0.2) is 34.7 Å². The predicted molar refractivity (Wildman–Crippen MR) is 72.5 cm³/mol. The van der Waals surface area contributed by atoms with Gasteiger partial charge in [0.25, 0.3) is 0 Å². The van der Waals surface area contributed by atoms with Crippen molar-refractivity contribution >= 4 is 0 Å². The summed E-state index contributed by atoms with van der Waals surface area (Å²) in [7, 11) is 0. The second-order valence-corrected chi connectivity index (χ2v) is 4.75. The lowest BCUT2D eigenvalue weighted by molar-refractivity contribution is 0.295. The van der Waals surface area contributed by atoms with Crippen molar-refractivity contribution in [3.8, 4) is 0 Å². The molecule has 0 bridgehead atoms. The van der Waals surface area contributed by atoms with Crippen molar-refractivity contribution in [2.24, 2.45) is 0 Å². The van der Waals surface area contributed by atoms with Crippen molar-refractivity contribution in [2.75, 3.05) is 6.61 Å². The van der Waals surface area contributed by atoms with Gasteiger partial charge < -0.3 is 5.11 Å². The maximum Gasteiger partial charge on any atom is 0.124 e.